The molecule has 24 heavy (non-hydrogen) atoms. The average Bonchev–Trinajstić information content (AvgIpc) is 3.02. The van der Waals surface area contributed by atoms with Crippen molar-refractivity contribution in [1.82, 2.24) is 10.2 Å². The van der Waals surface area contributed by atoms with Crippen molar-refractivity contribution in [3.63, 3.8) is 0 Å². The molecular weight excluding hydrogens is 298 g/mol. The number of para-hydroxylation sites is 1. The van der Waals surface area contributed by atoms with E-state index in [0.717, 1.165) is 16.8 Å². The largest absolute Gasteiger partial charge is 0.419 e. The van der Waals surface area contributed by atoms with E-state index in [1.165, 1.54) is 11.1 Å². The first-order valence-electron chi connectivity index (χ1n) is 8.28. The molecule has 0 unspecified atom stereocenters. The Morgan fingerprint density at radius 3 is 2.46 bits per heavy atom. The molecule has 1 N–H and O–H groups in total. The minimum atomic E-state index is 0.456. The Hall–Kier alpha value is -2.62. The molecule has 4 heteroatoms. The van der Waals surface area contributed by atoms with E-state index in [0.29, 0.717) is 24.2 Å². The minimum absolute atomic E-state index is 0.456. The molecule has 0 amide bonds. The Morgan fingerprint density at radius 2 is 1.71 bits per heavy atom. The molecule has 0 aliphatic heterocycles. The zero-order valence-electron chi connectivity index (χ0n) is 14.6. The van der Waals surface area contributed by atoms with Crippen molar-refractivity contribution in [2.45, 2.75) is 40.2 Å². The summed E-state index contributed by atoms with van der Waals surface area (Å²) in [7, 11) is 0. The lowest BCUT2D eigenvalue weighted by Gasteiger charge is -2.16. The van der Waals surface area contributed by atoms with Gasteiger partial charge in [-0.05, 0) is 42.5 Å². The minimum Gasteiger partial charge on any atom is -0.419 e. The van der Waals surface area contributed by atoms with Crippen LogP contribution in [0.25, 0.3) is 11.5 Å². The first kappa shape index (κ1) is 16.2. The van der Waals surface area contributed by atoms with Crippen molar-refractivity contribution in [3.8, 4) is 11.5 Å². The molecule has 0 aliphatic carbocycles. The summed E-state index contributed by atoms with van der Waals surface area (Å²) in [6.45, 7) is 9.07. The van der Waals surface area contributed by atoms with Crippen molar-refractivity contribution >= 4 is 5.69 Å². The average molecular weight is 321 g/mol. The van der Waals surface area contributed by atoms with Crippen molar-refractivity contribution in [2.24, 2.45) is 0 Å². The predicted molar refractivity (Wildman–Crippen MR) is 97.1 cm³/mol. The van der Waals surface area contributed by atoms with Gasteiger partial charge in [-0.1, -0.05) is 50.2 Å². The fraction of sp³-hybridized carbons (Fsp3) is 0.300. The standard InChI is InChI=1S/C20H23N3O/c1-13(2)16-11-7-9-15(4)19(16)21-12-18-22-23-20(24-18)17-10-6-5-8-14(17)3/h5-11,13,21H,12H2,1-4H3. The van der Waals surface area contributed by atoms with Crippen molar-refractivity contribution in [3.05, 3.63) is 65.0 Å². The zero-order chi connectivity index (χ0) is 17.1. The highest BCUT2D eigenvalue weighted by atomic mass is 16.4. The molecule has 0 atom stereocenters. The summed E-state index contributed by atoms with van der Waals surface area (Å²) in [6, 6.07) is 14.4. The molecule has 0 aliphatic rings. The predicted octanol–water partition coefficient (Wildman–Crippen LogP) is 5.09. The maximum absolute atomic E-state index is 5.83. The molecule has 1 aromatic heterocycles. The Morgan fingerprint density at radius 1 is 0.958 bits per heavy atom. The molecule has 0 radical (unpaired) electrons. The molecule has 3 aromatic rings. The van der Waals surface area contributed by atoms with Gasteiger partial charge in [-0.2, -0.15) is 0 Å². The highest BCUT2D eigenvalue weighted by Crippen LogP contribution is 2.28. The van der Waals surface area contributed by atoms with Crippen LogP contribution < -0.4 is 5.32 Å². The number of rotatable bonds is 5. The van der Waals surface area contributed by atoms with E-state index in [1.807, 2.05) is 31.2 Å². The summed E-state index contributed by atoms with van der Waals surface area (Å²) in [5, 5.41) is 11.8. The summed E-state index contributed by atoms with van der Waals surface area (Å²) in [6.07, 6.45) is 0. The number of hydrogen-bond acceptors (Lipinski definition) is 4. The van der Waals surface area contributed by atoms with Gasteiger partial charge < -0.3 is 9.73 Å². The number of aromatic nitrogens is 2. The molecule has 0 bridgehead atoms. The second-order valence-electron chi connectivity index (χ2n) is 6.36. The summed E-state index contributed by atoms with van der Waals surface area (Å²) < 4.78 is 5.83. The lowest BCUT2D eigenvalue weighted by atomic mass is 9.98. The van der Waals surface area contributed by atoms with Crippen LogP contribution in [-0.2, 0) is 6.54 Å². The second-order valence-corrected chi connectivity index (χ2v) is 6.36. The van der Waals surface area contributed by atoms with Gasteiger partial charge >= 0.3 is 0 Å². The maximum Gasteiger partial charge on any atom is 0.248 e. The van der Waals surface area contributed by atoms with Crippen LogP contribution in [0.5, 0.6) is 0 Å². The summed E-state index contributed by atoms with van der Waals surface area (Å²) in [5.41, 5.74) is 5.79. The highest BCUT2D eigenvalue weighted by molar-refractivity contribution is 5.59. The molecule has 0 saturated carbocycles. The van der Waals surface area contributed by atoms with Gasteiger partial charge in [0.15, 0.2) is 0 Å². The first-order valence-corrected chi connectivity index (χ1v) is 8.28. The fourth-order valence-electron chi connectivity index (χ4n) is 2.82. The van der Waals surface area contributed by atoms with Crippen LogP contribution in [0, 0.1) is 13.8 Å². The lowest BCUT2D eigenvalue weighted by molar-refractivity contribution is 0.514. The topological polar surface area (TPSA) is 51.0 Å². The molecule has 0 fully saturated rings. The third-order valence-electron chi connectivity index (χ3n) is 4.19. The van der Waals surface area contributed by atoms with E-state index in [4.69, 9.17) is 4.42 Å². The van der Waals surface area contributed by atoms with Gasteiger partial charge in [0.05, 0.1) is 6.54 Å². The van der Waals surface area contributed by atoms with E-state index >= 15 is 0 Å². The van der Waals surface area contributed by atoms with Crippen molar-refractivity contribution < 1.29 is 4.42 Å². The van der Waals surface area contributed by atoms with Gasteiger partial charge in [0.2, 0.25) is 11.8 Å². The number of nitrogens with zero attached hydrogens (tertiary/aromatic N) is 2. The molecule has 3 rings (SSSR count). The van der Waals surface area contributed by atoms with Crippen LogP contribution in [0.4, 0.5) is 5.69 Å². The van der Waals surface area contributed by atoms with Gasteiger partial charge in [0.25, 0.3) is 0 Å². The number of anilines is 1. The Kier molecular flexibility index (Phi) is 4.65. The molecular formula is C20H23N3O. The summed E-state index contributed by atoms with van der Waals surface area (Å²) in [4.78, 5) is 0. The summed E-state index contributed by atoms with van der Waals surface area (Å²) in [5.74, 6) is 1.61. The second kappa shape index (κ2) is 6.87. The zero-order valence-corrected chi connectivity index (χ0v) is 14.6. The van der Waals surface area contributed by atoms with Crippen molar-refractivity contribution in [1.29, 1.82) is 0 Å². The fourth-order valence-corrected chi connectivity index (χ4v) is 2.82. The highest BCUT2D eigenvalue weighted by Gasteiger charge is 2.12. The van der Waals surface area contributed by atoms with Crippen LogP contribution in [0.3, 0.4) is 0 Å². The maximum atomic E-state index is 5.83. The number of nitrogens with one attached hydrogen (secondary N) is 1. The number of benzene rings is 2. The number of hydrogen-bond donors (Lipinski definition) is 1. The lowest BCUT2D eigenvalue weighted by Crippen LogP contribution is -2.05. The van der Waals surface area contributed by atoms with E-state index in [1.54, 1.807) is 0 Å². The molecule has 4 nitrogen and oxygen atoms in total. The molecule has 124 valence electrons. The molecule has 2 aromatic carbocycles. The van der Waals surface area contributed by atoms with E-state index in [2.05, 4.69) is 54.5 Å². The van der Waals surface area contributed by atoms with Crippen LogP contribution in [0.15, 0.2) is 46.9 Å². The van der Waals surface area contributed by atoms with E-state index in [9.17, 15) is 0 Å². The van der Waals surface area contributed by atoms with Crippen molar-refractivity contribution in [2.75, 3.05) is 5.32 Å². The van der Waals surface area contributed by atoms with Crippen LogP contribution in [-0.4, -0.2) is 10.2 Å². The Labute approximate surface area is 142 Å². The van der Waals surface area contributed by atoms with Crippen LogP contribution in [0.2, 0.25) is 0 Å². The van der Waals surface area contributed by atoms with Gasteiger partial charge in [0.1, 0.15) is 0 Å². The Balaban J connectivity index is 1.79. The summed E-state index contributed by atoms with van der Waals surface area (Å²) >= 11 is 0. The monoisotopic (exact) mass is 321 g/mol. The van der Waals surface area contributed by atoms with Gasteiger partial charge in [-0.15, -0.1) is 10.2 Å². The normalized spacial score (nSPS) is 11.0. The van der Waals surface area contributed by atoms with Crippen LogP contribution in [0.1, 0.15) is 42.3 Å². The SMILES string of the molecule is Cc1ccccc1-c1nnc(CNc2c(C)cccc2C(C)C)o1. The van der Waals surface area contributed by atoms with Gasteiger partial charge in [-0.3, -0.25) is 0 Å². The van der Waals surface area contributed by atoms with Crippen LogP contribution >= 0.6 is 0 Å². The van der Waals surface area contributed by atoms with E-state index < -0.39 is 0 Å². The van der Waals surface area contributed by atoms with Gasteiger partial charge in [-0.25, -0.2) is 0 Å². The quantitative estimate of drug-likeness (QED) is 0.711. The third kappa shape index (κ3) is 3.32. The molecule has 1 heterocycles. The molecule has 0 saturated heterocycles. The Bertz CT molecular complexity index is 836. The number of aryl methyl sites for hydroxylation is 2. The third-order valence-corrected chi connectivity index (χ3v) is 4.19. The first-order chi connectivity index (χ1) is 11.6. The van der Waals surface area contributed by atoms with Gasteiger partial charge in [0, 0.05) is 11.3 Å². The van der Waals surface area contributed by atoms with E-state index in [-0.39, 0.29) is 0 Å². The molecule has 0 spiro atoms. The smallest absolute Gasteiger partial charge is 0.248 e.